The van der Waals surface area contributed by atoms with Gasteiger partial charge in [0.2, 0.25) is 0 Å². The van der Waals surface area contributed by atoms with E-state index in [-0.39, 0.29) is 5.69 Å². The molecule has 0 atom stereocenters. The minimum Gasteiger partial charge on any atom is -0.393 e. The van der Waals surface area contributed by atoms with Gasteiger partial charge in [-0.1, -0.05) is 41.1 Å². The molecule has 5 nitrogen and oxygen atoms in total. The number of nitrogens with two attached hydrogens (primary N) is 1. The van der Waals surface area contributed by atoms with Gasteiger partial charge < -0.3 is 16.4 Å². The van der Waals surface area contributed by atoms with Crippen LogP contribution in [-0.4, -0.2) is 9.97 Å². The van der Waals surface area contributed by atoms with Crippen LogP contribution in [0.4, 0.5) is 33.1 Å². The van der Waals surface area contributed by atoms with E-state index < -0.39 is 5.82 Å². The zero-order valence-electron chi connectivity index (χ0n) is 13.6. The maximum absolute atomic E-state index is 14.0. The smallest absolute Gasteiger partial charge is 0.159 e. The zero-order chi connectivity index (χ0) is 17.8. The summed E-state index contributed by atoms with van der Waals surface area (Å²) in [5, 5.41) is 6.13. The average molecular weight is 402 g/mol. The van der Waals surface area contributed by atoms with E-state index in [4.69, 9.17) is 5.73 Å². The fourth-order valence-corrected chi connectivity index (χ4v) is 2.72. The van der Waals surface area contributed by atoms with Crippen molar-refractivity contribution in [2.24, 2.45) is 0 Å². The van der Waals surface area contributed by atoms with E-state index in [1.54, 1.807) is 12.1 Å². The number of rotatable bonds is 5. The number of hydrogen-bond donors (Lipinski definition) is 3. The SMILES string of the molecule is CCc1ccccc1Nc1ncnc(Nc2ccc(Br)cc2F)c1N. The molecule has 0 unspecified atom stereocenters. The van der Waals surface area contributed by atoms with Gasteiger partial charge in [-0.2, -0.15) is 0 Å². The quantitative estimate of drug-likeness (QED) is 0.559. The third-order valence-electron chi connectivity index (χ3n) is 3.72. The van der Waals surface area contributed by atoms with Crippen LogP contribution in [0.5, 0.6) is 0 Å². The molecule has 4 N–H and O–H groups in total. The van der Waals surface area contributed by atoms with Crippen molar-refractivity contribution in [2.45, 2.75) is 13.3 Å². The second kappa shape index (κ2) is 7.48. The van der Waals surface area contributed by atoms with Crippen LogP contribution < -0.4 is 16.4 Å². The number of halogens is 2. The molecule has 0 amide bonds. The number of hydrogen-bond acceptors (Lipinski definition) is 5. The van der Waals surface area contributed by atoms with Crippen LogP contribution in [0.15, 0.2) is 53.3 Å². The molecule has 0 fully saturated rings. The van der Waals surface area contributed by atoms with Crippen LogP contribution in [-0.2, 0) is 6.42 Å². The molecule has 3 aromatic rings. The molecule has 0 saturated carbocycles. The Hall–Kier alpha value is -2.67. The van der Waals surface area contributed by atoms with Crippen molar-refractivity contribution in [3.63, 3.8) is 0 Å². The van der Waals surface area contributed by atoms with Crippen LogP contribution >= 0.6 is 15.9 Å². The van der Waals surface area contributed by atoms with Crippen molar-refractivity contribution in [3.05, 3.63) is 64.6 Å². The molecule has 0 spiro atoms. The lowest BCUT2D eigenvalue weighted by atomic mass is 10.1. The molecule has 3 rings (SSSR count). The maximum Gasteiger partial charge on any atom is 0.159 e. The summed E-state index contributed by atoms with van der Waals surface area (Å²) in [5.74, 6) is 0.404. The van der Waals surface area contributed by atoms with Crippen molar-refractivity contribution < 1.29 is 4.39 Å². The molecule has 0 aliphatic heterocycles. The molecule has 1 heterocycles. The third kappa shape index (κ3) is 3.88. The van der Waals surface area contributed by atoms with Crippen molar-refractivity contribution in [2.75, 3.05) is 16.4 Å². The van der Waals surface area contributed by atoms with Gasteiger partial charge in [-0.25, -0.2) is 14.4 Å². The Labute approximate surface area is 153 Å². The van der Waals surface area contributed by atoms with Crippen LogP contribution in [0.2, 0.25) is 0 Å². The number of nitrogen functional groups attached to an aromatic ring is 1. The van der Waals surface area contributed by atoms with Gasteiger partial charge in [-0.05, 0) is 36.2 Å². The summed E-state index contributed by atoms with van der Waals surface area (Å²) in [7, 11) is 0. The Kier molecular flexibility index (Phi) is 5.14. The standard InChI is InChI=1S/C18H17BrFN5/c1-2-11-5-3-4-6-14(11)24-17-16(21)18(23-10-22-17)25-15-8-7-12(19)9-13(15)20/h3-10H,2,21H2,1H3,(H2,22,23,24,25). The molecular weight excluding hydrogens is 385 g/mol. The minimum absolute atomic E-state index is 0.286. The molecule has 25 heavy (non-hydrogen) atoms. The third-order valence-corrected chi connectivity index (χ3v) is 4.21. The Morgan fingerprint density at radius 3 is 2.40 bits per heavy atom. The molecule has 128 valence electrons. The molecule has 0 aliphatic rings. The van der Waals surface area contributed by atoms with Crippen LogP contribution in [0, 0.1) is 5.82 Å². The normalized spacial score (nSPS) is 10.5. The van der Waals surface area contributed by atoms with E-state index >= 15 is 0 Å². The molecular formula is C18H17BrFN5. The van der Waals surface area contributed by atoms with Crippen LogP contribution in [0.1, 0.15) is 12.5 Å². The first-order valence-electron chi connectivity index (χ1n) is 7.76. The molecule has 1 aromatic heterocycles. The van der Waals surface area contributed by atoms with Crippen molar-refractivity contribution >= 4 is 44.6 Å². The van der Waals surface area contributed by atoms with Gasteiger partial charge in [-0.15, -0.1) is 0 Å². The lowest BCUT2D eigenvalue weighted by Crippen LogP contribution is -2.06. The van der Waals surface area contributed by atoms with Gasteiger partial charge in [0, 0.05) is 10.2 Å². The Morgan fingerprint density at radius 1 is 1.04 bits per heavy atom. The first kappa shape index (κ1) is 17.2. The summed E-state index contributed by atoms with van der Waals surface area (Å²) < 4.78 is 14.7. The summed E-state index contributed by atoms with van der Waals surface area (Å²) >= 11 is 3.23. The zero-order valence-corrected chi connectivity index (χ0v) is 15.1. The fraction of sp³-hybridized carbons (Fsp3) is 0.111. The number of nitrogens with zero attached hydrogens (tertiary/aromatic N) is 2. The van der Waals surface area contributed by atoms with Gasteiger partial charge in [0.15, 0.2) is 11.6 Å². The highest BCUT2D eigenvalue weighted by atomic mass is 79.9. The summed E-state index contributed by atoms with van der Waals surface area (Å²) in [6.45, 7) is 2.08. The molecule has 0 saturated heterocycles. The average Bonchev–Trinajstić information content (AvgIpc) is 2.61. The molecule has 0 bridgehead atoms. The van der Waals surface area contributed by atoms with Crippen LogP contribution in [0.25, 0.3) is 0 Å². The van der Waals surface area contributed by atoms with E-state index in [1.165, 1.54) is 12.4 Å². The predicted molar refractivity (Wildman–Crippen MR) is 103 cm³/mol. The van der Waals surface area contributed by atoms with Crippen LogP contribution in [0.3, 0.4) is 0 Å². The van der Waals surface area contributed by atoms with Gasteiger partial charge in [0.1, 0.15) is 17.8 Å². The summed E-state index contributed by atoms with van der Waals surface area (Å²) in [5.41, 5.74) is 8.84. The van der Waals surface area contributed by atoms with Gasteiger partial charge >= 0.3 is 0 Å². The highest BCUT2D eigenvalue weighted by Gasteiger charge is 2.12. The Bertz CT molecular complexity index is 900. The van der Waals surface area contributed by atoms with Gasteiger partial charge in [-0.3, -0.25) is 0 Å². The molecule has 2 aromatic carbocycles. The van der Waals surface area contributed by atoms with E-state index in [0.29, 0.717) is 21.8 Å². The molecule has 0 radical (unpaired) electrons. The summed E-state index contributed by atoms with van der Waals surface area (Å²) in [4.78, 5) is 8.32. The molecule has 0 aliphatic carbocycles. The number of aryl methyl sites for hydroxylation is 1. The topological polar surface area (TPSA) is 75.9 Å². The molecule has 7 heteroatoms. The highest BCUT2D eigenvalue weighted by molar-refractivity contribution is 9.10. The lowest BCUT2D eigenvalue weighted by Gasteiger charge is -2.14. The Morgan fingerprint density at radius 2 is 1.72 bits per heavy atom. The highest BCUT2D eigenvalue weighted by Crippen LogP contribution is 2.30. The minimum atomic E-state index is -0.404. The van der Waals surface area contributed by atoms with Gasteiger partial charge in [0.05, 0.1) is 5.69 Å². The summed E-state index contributed by atoms with van der Waals surface area (Å²) in [6.07, 6.45) is 2.26. The second-order valence-electron chi connectivity index (χ2n) is 5.37. The van der Waals surface area contributed by atoms with E-state index in [0.717, 1.165) is 17.7 Å². The van der Waals surface area contributed by atoms with Gasteiger partial charge in [0.25, 0.3) is 0 Å². The number of para-hydroxylation sites is 1. The fourth-order valence-electron chi connectivity index (χ4n) is 2.39. The van der Waals surface area contributed by atoms with E-state index in [2.05, 4.69) is 43.5 Å². The largest absolute Gasteiger partial charge is 0.393 e. The predicted octanol–water partition coefficient (Wildman–Crippen LogP) is 5.01. The van der Waals surface area contributed by atoms with E-state index in [9.17, 15) is 4.39 Å². The monoisotopic (exact) mass is 401 g/mol. The Balaban J connectivity index is 1.89. The lowest BCUT2D eigenvalue weighted by molar-refractivity contribution is 0.631. The number of anilines is 5. The number of aromatic nitrogens is 2. The van der Waals surface area contributed by atoms with Crippen molar-refractivity contribution in [3.8, 4) is 0 Å². The van der Waals surface area contributed by atoms with Crippen molar-refractivity contribution in [1.29, 1.82) is 0 Å². The first-order chi connectivity index (χ1) is 12.1. The first-order valence-corrected chi connectivity index (χ1v) is 8.55. The van der Waals surface area contributed by atoms with E-state index in [1.807, 2.05) is 24.3 Å². The second-order valence-corrected chi connectivity index (χ2v) is 6.29. The van der Waals surface area contributed by atoms with Crippen molar-refractivity contribution in [1.82, 2.24) is 9.97 Å². The summed E-state index contributed by atoms with van der Waals surface area (Å²) in [6, 6.07) is 12.6. The maximum atomic E-state index is 14.0. The number of benzene rings is 2. The number of nitrogens with one attached hydrogen (secondary N) is 2.